The van der Waals surface area contributed by atoms with Crippen molar-refractivity contribution in [3.8, 4) is 11.5 Å². The summed E-state index contributed by atoms with van der Waals surface area (Å²) in [5.74, 6) is 2.45. The highest BCUT2D eigenvalue weighted by molar-refractivity contribution is 7.85. The van der Waals surface area contributed by atoms with Crippen LogP contribution < -0.4 is 9.47 Å². The third kappa shape index (κ3) is 6.76. The van der Waals surface area contributed by atoms with Gasteiger partial charge in [-0.1, -0.05) is 52.0 Å². The maximum absolute atomic E-state index is 12.3. The molecule has 2 atom stereocenters. The van der Waals surface area contributed by atoms with Gasteiger partial charge in [-0.2, -0.15) is 13.5 Å². The number of fused-ring (bicyclic) bond motifs is 1. The molecule has 5 heteroatoms. The lowest BCUT2D eigenvalue weighted by Gasteiger charge is -2.12. The molecular formula is C18H30O3S2. The van der Waals surface area contributed by atoms with E-state index in [-0.39, 0.29) is 18.7 Å². The average molecular weight is 359 g/mol. The van der Waals surface area contributed by atoms with Gasteiger partial charge >= 0.3 is 0 Å². The van der Waals surface area contributed by atoms with Gasteiger partial charge in [-0.3, -0.25) is 4.21 Å². The monoisotopic (exact) mass is 358 g/mol. The van der Waals surface area contributed by atoms with Crippen molar-refractivity contribution < 1.29 is 13.7 Å². The molecular weight excluding hydrogens is 328 g/mol. The summed E-state index contributed by atoms with van der Waals surface area (Å²) in [7, 11) is -0.743. The largest absolute Gasteiger partial charge is 0.454 e. The molecule has 0 spiro atoms. The SMILES string of the molecule is CCCCCCCCS(=O)C(C)Cc1ccc2c(c1)OCO2.S. The third-order valence-electron chi connectivity index (χ3n) is 4.11. The molecule has 23 heavy (non-hydrogen) atoms. The first-order valence-electron chi connectivity index (χ1n) is 8.46. The van der Waals surface area contributed by atoms with E-state index in [1.54, 1.807) is 0 Å². The van der Waals surface area contributed by atoms with Crippen LogP contribution in [0.1, 0.15) is 57.9 Å². The molecule has 0 aliphatic carbocycles. The minimum Gasteiger partial charge on any atom is -0.454 e. The fraction of sp³-hybridized carbons (Fsp3) is 0.667. The zero-order valence-corrected chi connectivity index (χ0v) is 16.1. The number of ether oxygens (including phenoxy) is 2. The lowest BCUT2D eigenvalue weighted by molar-refractivity contribution is 0.174. The number of rotatable bonds is 10. The third-order valence-corrected chi connectivity index (χ3v) is 5.86. The van der Waals surface area contributed by atoms with Gasteiger partial charge in [0.25, 0.3) is 0 Å². The van der Waals surface area contributed by atoms with Crippen LogP contribution in [0.25, 0.3) is 0 Å². The van der Waals surface area contributed by atoms with Gasteiger partial charge in [0, 0.05) is 21.8 Å². The van der Waals surface area contributed by atoms with Gasteiger partial charge in [0.15, 0.2) is 11.5 Å². The molecule has 1 heterocycles. The molecule has 0 fully saturated rings. The molecule has 0 N–H and O–H groups in total. The molecule has 132 valence electrons. The Kier molecular flexibility index (Phi) is 9.72. The number of hydrogen-bond acceptors (Lipinski definition) is 3. The number of benzene rings is 1. The van der Waals surface area contributed by atoms with Crippen LogP contribution in [0.15, 0.2) is 18.2 Å². The smallest absolute Gasteiger partial charge is 0.231 e. The van der Waals surface area contributed by atoms with Crippen molar-refractivity contribution in [3.63, 3.8) is 0 Å². The van der Waals surface area contributed by atoms with Crippen LogP contribution in [0, 0.1) is 0 Å². The Hall–Kier alpha value is -0.680. The zero-order chi connectivity index (χ0) is 15.8. The summed E-state index contributed by atoms with van der Waals surface area (Å²) < 4.78 is 23.0. The second kappa shape index (κ2) is 11.0. The Labute approximate surface area is 150 Å². The highest BCUT2D eigenvalue weighted by Crippen LogP contribution is 2.33. The minimum absolute atomic E-state index is 0. The van der Waals surface area contributed by atoms with Crippen LogP contribution in [0.5, 0.6) is 11.5 Å². The maximum atomic E-state index is 12.3. The van der Waals surface area contributed by atoms with Crippen LogP contribution in [0.2, 0.25) is 0 Å². The van der Waals surface area contributed by atoms with Crippen molar-refractivity contribution >= 4 is 24.3 Å². The van der Waals surface area contributed by atoms with Crippen LogP contribution in [0.4, 0.5) is 0 Å². The zero-order valence-electron chi connectivity index (χ0n) is 14.3. The quantitative estimate of drug-likeness (QED) is 0.575. The first kappa shape index (κ1) is 20.4. The molecule has 0 bridgehead atoms. The van der Waals surface area contributed by atoms with Crippen molar-refractivity contribution in [3.05, 3.63) is 23.8 Å². The first-order valence-corrected chi connectivity index (χ1v) is 9.84. The Morgan fingerprint density at radius 1 is 1.09 bits per heavy atom. The van der Waals surface area contributed by atoms with Crippen LogP contribution in [-0.2, 0) is 17.2 Å². The lowest BCUT2D eigenvalue weighted by Crippen LogP contribution is -2.16. The van der Waals surface area contributed by atoms with E-state index in [9.17, 15) is 4.21 Å². The van der Waals surface area contributed by atoms with Gasteiger partial charge in [-0.15, -0.1) is 0 Å². The molecule has 0 aromatic heterocycles. The van der Waals surface area contributed by atoms with E-state index in [1.807, 2.05) is 18.2 Å². The van der Waals surface area contributed by atoms with Crippen molar-refractivity contribution in [1.82, 2.24) is 0 Å². The van der Waals surface area contributed by atoms with E-state index in [0.717, 1.165) is 30.1 Å². The van der Waals surface area contributed by atoms with Gasteiger partial charge in [0.2, 0.25) is 6.79 Å². The second-order valence-electron chi connectivity index (χ2n) is 6.05. The van der Waals surface area contributed by atoms with Crippen LogP contribution in [0.3, 0.4) is 0 Å². The highest BCUT2D eigenvalue weighted by Gasteiger charge is 2.16. The van der Waals surface area contributed by atoms with Crippen molar-refractivity contribution in [1.29, 1.82) is 0 Å². The molecule has 1 aromatic rings. The highest BCUT2D eigenvalue weighted by atomic mass is 32.2. The normalized spacial score (nSPS) is 15.0. The summed E-state index contributed by atoms with van der Waals surface area (Å²) in [6.45, 7) is 4.61. The molecule has 0 radical (unpaired) electrons. The topological polar surface area (TPSA) is 35.5 Å². The summed E-state index contributed by atoms with van der Waals surface area (Å²) in [6, 6.07) is 6.01. The fourth-order valence-corrected chi connectivity index (χ4v) is 3.99. The lowest BCUT2D eigenvalue weighted by atomic mass is 10.1. The van der Waals surface area contributed by atoms with Crippen LogP contribution >= 0.6 is 13.5 Å². The Bertz CT molecular complexity index is 491. The Morgan fingerprint density at radius 2 is 1.78 bits per heavy atom. The van der Waals surface area contributed by atoms with E-state index >= 15 is 0 Å². The van der Waals surface area contributed by atoms with E-state index < -0.39 is 10.8 Å². The minimum atomic E-state index is -0.743. The molecule has 2 unspecified atom stereocenters. The van der Waals surface area contributed by atoms with Crippen molar-refractivity contribution in [2.75, 3.05) is 12.5 Å². The predicted molar refractivity (Wildman–Crippen MR) is 102 cm³/mol. The van der Waals surface area contributed by atoms with Gasteiger partial charge in [0.1, 0.15) is 0 Å². The van der Waals surface area contributed by atoms with Gasteiger partial charge in [-0.05, 0) is 30.5 Å². The molecule has 2 rings (SSSR count). The molecule has 1 aliphatic rings. The number of unbranched alkanes of at least 4 members (excludes halogenated alkanes) is 5. The summed E-state index contributed by atoms with van der Waals surface area (Å²) in [4.78, 5) is 0. The molecule has 0 saturated heterocycles. The second-order valence-corrected chi connectivity index (χ2v) is 8.03. The van der Waals surface area contributed by atoms with Crippen molar-refractivity contribution in [2.45, 2.75) is 64.0 Å². The van der Waals surface area contributed by atoms with Gasteiger partial charge < -0.3 is 9.47 Å². The summed E-state index contributed by atoms with van der Waals surface area (Å²) in [6.07, 6.45) is 8.32. The van der Waals surface area contributed by atoms with E-state index in [4.69, 9.17) is 9.47 Å². The Morgan fingerprint density at radius 3 is 2.57 bits per heavy atom. The summed E-state index contributed by atoms with van der Waals surface area (Å²) >= 11 is 0. The Balaban J connectivity index is 0.00000264. The predicted octanol–water partition coefficient (Wildman–Crippen LogP) is 4.57. The summed E-state index contributed by atoms with van der Waals surface area (Å²) in [5.41, 5.74) is 1.17. The summed E-state index contributed by atoms with van der Waals surface area (Å²) in [5, 5.41) is 0.191. The number of hydrogen-bond donors (Lipinski definition) is 0. The molecule has 1 aliphatic heterocycles. The average Bonchev–Trinajstić information content (AvgIpc) is 2.98. The fourth-order valence-electron chi connectivity index (χ4n) is 2.72. The van der Waals surface area contributed by atoms with E-state index in [0.29, 0.717) is 6.79 Å². The molecule has 0 saturated carbocycles. The molecule has 0 amide bonds. The van der Waals surface area contributed by atoms with Gasteiger partial charge in [-0.25, -0.2) is 0 Å². The standard InChI is InChI=1S/C18H28O3S.H2S/c1-3-4-5-6-7-8-11-22(19)15(2)12-16-9-10-17-18(13-16)21-14-20-17;/h9-10,13,15H,3-8,11-12,14H2,1-2H3;1H2. The van der Waals surface area contributed by atoms with Crippen molar-refractivity contribution in [2.24, 2.45) is 0 Å². The van der Waals surface area contributed by atoms with Crippen LogP contribution in [-0.4, -0.2) is 22.0 Å². The van der Waals surface area contributed by atoms with Gasteiger partial charge in [0.05, 0.1) is 0 Å². The first-order chi connectivity index (χ1) is 10.7. The maximum Gasteiger partial charge on any atom is 0.231 e. The molecule has 3 nitrogen and oxygen atoms in total. The molecule has 1 aromatic carbocycles. The van der Waals surface area contributed by atoms with E-state index in [2.05, 4.69) is 13.8 Å². The van der Waals surface area contributed by atoms with E-state index in [1.165, 1.54) is 37.7 Å².